The zero-order valence-corrected chi connectivity index (χ0v) is 12.9. The van der Waals surface area contributed by atoms with Gasteiger partial charge in [-0.15, -0.1) is 10.2 Å². The maximum Gasteiger partial charge on any atom is 0.148 e. The summed E-state index contributed by atoms with van der Waals surface area (Å²) in [5, 5.41) is 13.8. The minimum Gasteiger partial charge on any atom is -0.320 e. The second-order valence-electron chi connectivity index (χ2n) is 4.19. The zero-order valence-electron chi connectivity index (χ0n) is 10.5. The third-order valence-electron chi connectivity index (χ3n) is 2.64. The standard InChI is InChI=1S/C13H16BrN3S/c1-9-5-6-11(14)10(8-9)13-17-16-12(18-13)4-3-7-15-2/h5-6,8,15H,3-4,7H2,1-2H3. The van der Waals surface area contributed by atoms with Crippen LogP contribution in [0.3, 0.4) is 0 Å². The maximum atomic E-state index is 4.29. The van der Waals surface area contributed by atoms with Crippen molar-refractivity contribution in [1.82, 2.24) is 15.5 Å². The van der Waals surface area contributed by atoms with Crippen LogP contribution >= 0.6 is 27.3 Å². The Kier molecular flexibility index (Phi) is 4.86. The lowest BCUT2D eigenvalue weighted by molar-refractivity contribution is 0.718. The number of halogens is 1. The molecule has 1 heterocycles. The maximum absolute atomic E-state index is 4.29. The van der Waals surface area contributed by atoms with Crippen molar-refractivity contribution in [2.45, 2.75) is 19.8 Å². The number of nitrogens with one attached hydrogen (secondary N) is 1. The van der Waals surface area contributed by atoms with Gasteiger partial charge in [0, 0.05) is 16.5 Å². The lowest BCUT2D eigenvalue weighted by Gasteiger charge is -2.01. The van der Waals surface area contributed by atoms with E-state index < -0.39 is 0 Å². The first kappa shape index (κ1) is 13.6. The summed E-state index contributed by atoms with van der Waals surface area (Å²) >= 11 is 5.25. The minimum absolute atomic E-state index is 0.988. The highest BCUT2D eigenvalue weighted by Gasteiger charge is 2.09. The van der Waals surface area contributed by atoms with Crippen molar-refractivity contribution in [3.05, 3.63) is 33.2 Å². The summed E-state index contributed by atoms with van der Waals surface area (Å²) in [6, 6.07) is 6.29. The third kappa shape index (κ3) is 3.37. The van der Waals surface area contributed by atoms with E-state index in [1.54, 1.807) is 11.3 Å². The Bertz CT molecular complexity index is 525. The Balaban J connectivity index is 2.16. The summed E-state index contributed by atoms with van der Waals surface area (Å²) in [5.41, 5.74) is 2.37. The van der Waals surface area contributed by atoms with E-state index in [9.17, 15) is 0 Å². The van der Waals surface area contributed by atoms with E-state index in [1.165, 1.54) is 5.56 Å². The van der Waals surface area contributed by atoms with Crippen molar-refractivity contribution in [3.8, 4) is 10.6 Å². The molecule has 1 aromatic carbocycles. The van der Waals surface area contributed by atoms with Crippen LogP contribution in [-0.2, 0) is 6.42 Å². The molecule has 0 saturated carbocycles. The highest BCUT2D eigenvalue weighted by Crippen LogP contribution is 2.31. The lowest BCUT2D eigenvalue weighted by atomic mass is 10.1. The van der Waals surface area contributed by atoms with Crippen LogP contribution in [-0.4, -0.2) is 23.8 Å². The molecule has 0 saturated heterocycles. The molecule has 0 atom stereocenters. The molecule has 0 spiro atoms. The predicted molar refractivity (Wildman–Crippen MR) is 80.0 cm³/mol. The Morgan fingerprint density at radius 2 is 2.17 bits per heavy atom. The molecular weight excluding hydrogens is 310 g/mol. The van der Waals surface area contributed by atoms with Crippen LogP contribution in [0.5, 0.6) is 0 Å². The van der Waals surface area contributed by atoms with E-state index in [-0.39, 0.29) is 0 Å². The molecule has 2 rings (SSSR count). The number of hydrogen-bond acceptors (Lipinski definition) is 4. The normalized spacial score (nSPS) is 10.8. The molecule has 96 valence electrons. The van der Waals surface area contributed by atoms with Crippen LogP contribution in [0.2, 0.25) is 0 Å². The van der Waals surface area contributed by atoms with Crippen molar-refractivity contribution < 1.29 is 0 Å². The fraction of sp³-hybridized carbons (Fsp3) is 0.385. The van der Waals surface area contributed by atoms with Crippen molar-refractivity contribution in [1.29, 1.82) is 0 Å². The molecule has 0 aliphatic heterocycles. The number of hydrogen-bond donors (Lipinski definition) is 1. The smallest absolute Gasteiger partial charge is 0.148 e. The second-order valence-corrected chi connectivity index (χ2v) is 6.11. The molecule has 18 heavy (non-hydrogen) atoms. The molecule has 0 aliphatic rings. The van der Waals surface area contributed by atoms with E-state index in [0.717, 1.165) is 39.4 Å². The van der Waals surface area contributed by atoms with Gasteiger partial charge in [-0.25, -0.2) is 0 Å². The fourth-order valence-corrected chi connectivity index (χ4v) is 3.16. The largest absolute Gasteiger partial charge is 0.320 e. The molecule has 0 unspecified atom stereocenters. The van der Waals surface area contributed by atoms with Gasteiger partial charge in [-0.2, -0.15) is 0 Å². The highest BCUT2D eigenvalue weighted by molar-refractivity contribution is 9.10. The molecule has 3 nitrogen and oxygen atoms in total. The van der Waals surface area contributed by atoms with E-state index in [2.05, 4.69) is 56.6 Å². The Morgan fingerprint density at radius 3 is 2.94 bits per heavy atom. The average Bonchev–Trinajstić information content (AvgIpc) is 2.81. The zero-order chi connectivity index (χ0) is 13.0. The molecule has 2 aromatic rings. The molecule has 0 bridgehead atoms. The minimum atomic E-state index is 0.988. The first-order valence-corrected chi connectivity index (χ1v) is 7.55. The monoisotopic (exact) mass is 325 g/mol. The summed E-state index contributed by atoms with van der Waals surface area (Å²) < 4.78 is 1.08. The molecule has 1 N–H and O–H groups in total. The Hall–Kier alpha value is -0.780. The van der Waals surface area contributed by atoms with Crippen molar-refractivity contribution in [3.63, 3.8) is 0 Å². The van der Waals surface area contributed by atoms with Gasteiger partial charge in [0.15, 0.2) is 0 Å². The first-order valence-electron chi connectivity index (χ1n) is 5.94. The quantitative estimate of drug-likeness (QED) is 0.856. The van der Waals surface area contributed by atoms with Crippen LogP contribution in [0.1, 0.15) is 17.0 Å². The molecule has 0 radical (unpaired) electrons. The number of aromatic nitrogens is 2. The van der Waals surface area contributed by atoms with Crippen LogP contribution in [0, 0.1) is 6.92 Å². The summed E-state index contributed by atoms with van der Waals surface area (Å²) in [6.07, 6.45) is 2.09. The Morgan fingerprint density at radius 1 is 1.33 bits per heavy atom. The number of benzene rings is 1. The fourth-order valence-electron chi connectivity index (χ4n) is 1.68. The van der Waals surface area contributed by atoms with Gasteiger partial charge in [-0.1, -0.05) is 38.9 Å². The van der Waals surface area contributed by atoms with E-state index in [1.807, 2.05) is 7.05 Å². The van der Waals surface area contributed by atoms with E-state index >= 15 is 0 Å². The average molecular weight is 326 g/mol. The molecule has 0 aliphatic carbocycles. The topological polar surface area (TPSA) is 37.8 Å². The SMILES string of the molecule is CNCCCc1nnc(-c2cc(C)ccc2Br)s1. The van der Waals surface area contributed by atoms with Gasteiger partial charge in [0.1, 0.15) is 10.0 Å². The number of aryl methyl sites for hydroxylation is 2. The second kappa shape index (κ2) is 6.41. The van der Waals surface area contributed by atoms with Gasteiger partial charge in [-0.3, -0.25) is 0 Å². The van der Waals surface area contributed by atoms with Gasteiger partial charge < -0.3 is 5.32 Å². The molecule has 0 amide bonds. The van der Waals surface area contributed by atoms with Gasteiger partial charge in [0.25, 0.3) is 0 Å². The summed E-state index contributed by atoms with van der Waals surface area (Å²) in [7, 11) is 1.97. The van der Waals surface area contributed by atoms with Crippen LogP contribution < -0.4 is 5.32 Å². The van der Waals surface area contributed by atoms with Crippen molar-refractivity contribution >= 4 is 27.3 Å². The summed E-state index contributed by atoms with van der Waals surface area (Å²) in [5.74, 6) is 0. The van der Waals surface area contributed by atoms with Crippen LogP contribution in [0.4, 0.5) is 0 Å². The van der Waals surface area contributed by atoms with Crippen molar-refractivity contribution in [2.24, 2.45) is 0 Å². The summed E-state index contributed by atoms with van der Waals surface area (Å²) in [6.45, 7) is 3.11. The van der Waals surface area contributed by atoms with Gasteiger partial charge in [0.2, 0.25) is 0 Å². The Labute approximate surface area is 120 Å². The van der Waals surface area contributed by atoms with Gasteiger partial charge in [0.05, 0.1) is 0 Å². The van der Waals surface area contributed by atoms with Crippen molar-refractivity contribution in [2.75, 3.05) is 13.6 Å². The molecule has 1 aromatic heterocycles. The molecular formula is C13H16BrN3S. The van der Waals surface area contributed by atoms with Gasteiger partial charge in [-0.05, 0) is 39.1 Å². The predicted octanol–water partition coefficient (Wildman–Crippen LogP) is 3.43. The van der Waals surface area contributed by atoms with E-state index in [4.69, 9.17) is 0 Å². The van der Waals surface area contributed by atoms with E-state index in [0.29, 0.717) is 0 Å². The number of rotatable bonds is 5. The van der Waals surface area contributed by atoms with Crippen LogP contribution in [0.15, 0.2) is 22.7 Å². The van der Waals surface area contributed by atoms with Gasteiger partial charge >= 0.3 is 0 Å². The third-order valence-corrected chi connectivity index (χ3v) is 4.34. The molecule has 0 fully saturated rings. The number of nitrogens with zero attached hydrogens (tertiary/aromatic N) is 2. The summed E-state index contributed by atoms with van der Waals surface area (Å²) in [4.78, 5) is 0. The van der Waals surface area contributed by atoms with Crippen LogP contribution in [0.25, 0.3) is 10.6 Å². The first-order chi connectivity index (χ1) is 8.70. The highest BCUT2D eigenvalue weighted by atomic mass is 79.9. The molecule has 5 heteroatoms. The lowest BCUT2D eigenvalue weighted by Crippen LogP contribution is -2.08.